The molecule has 0 aromatic carbocycles. The molecular weight excluding hydrogens is 280 g/mol. The zero-order valence-corrected chi connectivity index (χ0v) is 13.7. The molecule has 120 valence electrons. The van der Waals surface area contributed by atoms with E-state index in [-0.39, 0.29) is 17.7 Å². The summed E-state index contributed by atoms with van der Waals surface area (Å²) in [6.45, 7) is 7.99. The van der Waals surface area contributed by atoms with Gasteiger partial charge in [0.05, 0.1) is 29.6 Å². The van der Waals surface area contributed by atoms with E-state index in [1.807, 2.05) is 17.1 Å². The van der Waals surface area contributed by atoms with Gasteiger partial charge < -0.3 is 9.72 Å². The molecule has 1 aliphatic heterocycles. The van der Waals surface area contributed by atoms with Crippen LogP contribution >= 0.6 is 0 Å². The van der Waals surface area contributed by atoms with Crippen LogP contribution in [0, 0.1) is 0 Å². The van der Waals surface area contributed by atoms with Crippen LogP contribution in [0.5, 0.6) is 0 Å². The minimum Gasteiger partial charge on any atom is -0.380 e. The number of H-pyrrole nitrogens is 1. The number of imidazole rings is 1. The van der Waals surface area contributed by atoms with E-state index in [4.69, 9.17) is 4.74 Å². The molecule has 0 bridgehead atoms. The summed E-state index contributed by atoms with van der Waals surface area (Å²) in [6, 6.07) is 0.236. The van der Waals surface area contributed by atoms with Crippen LogP contribution in [0.3, 0.4) is 0 Å². The SMILES string of the molecule is CO[C@@H]1CC(c2ncc[nH]2)N(Cc2cn(C(C)(C)C)nn2)C1. The minimum absolute atomic E-state index is 0.0499. The number of methoxy groups -OCH3 is 1. The molecule has 1 saturated heterocycles. The fourth-order valence-corrected chi connectivity index (χ4v) is 2.86. The molecule has 0 radical (unpaired) electrons. The van der Waals surface area contributed by atoms with E-state index >= 15 is 0 Å². The van der Waals surface area contributed by atoms with Crippen molar-refractivity contribution in [3.8, 4) is 0 Å². The van der Waals surface area contributed by atoms with Crippen LogP contribution in [0.25, 0.3) is 0 Å². The molecule has 7 nitrogen and oxygen atoms in total. The van der Waals surface area contributed by atoms with Crippen LogP contribution in [0.2, 0.25) is 0 Å². The van der Waals surface area contributed by atoms with Gasteiger partial charge in [0.1, 0.15) is 5.82 Å². The molecule has 1 aliphatic rings. The van der Waals surface area contributed by atoms with E-state index < -0.39 is 0 Å². The molecule has 0 amide bonds. The van der Waals surface area contributed by atoms with Crippen molar-refractivity contribution >= 4 is 0 Å². The molecule has 1 unspecified atom stereocenters. The van der Waals surface area contributed by atoms with Crippen molar-refractivity contribution in [2.75, 3.05) is 13.7 Å². The largest absolute Gasteiger partial charge is 0.380 e. The van der Waals surface area contributed by atoms with Crippen molar-refractivity contribution in [2.45, 2.75) is 51.4 Å². The Kier molecular flexibility index (Phi) is 4.01. The normalized spacial score (nSPS) is 23.3. The lowest BCUT2D eigenvalue weighted by Crippen LogP contribution is -2.25. The topological polar surface area (TPSA) is 71.9 Å². The first-order valence-electron chi connectivity index (χ1n) is 7.65. The average molecular weight is 304 g/mol. The van der Waals surface area contributed by atoms with Gasteiger partial charge in [-0.15, -0.1) is 5.10 Å². The van der Waals surface area contributed by atoms with Gasteiger partial charge in [-0.3, -0.25) is 4.90 Å². The third-order valence-corrected chi connectivity index (χ3v) is 4.13. The maximum absolute atomic E-state index is 5.54. The second-order valence-electron chi connectivity index (χ2n) is 6.84. The average Bonchev–Trinajstić information content (AvgIpc) is 3.17. The Hall–Kier alpha value is -1.73. The van der Waals surface area contributed by atoms with E-state index in [0.717, 1.165) is 31.0 Å². The fraction of sp³-hybridized carbons (Fsp3) is 0.667. The Balaban J connectivity index is 1.76. The maximum Gasteiger partial charge on any atom is 0.123 e. The highest BCUT2D eigenvalue weighted by Gasteiger charge is 2.35. The number of nitrogens with zero attached hydrogens (tertiary/aromatic N) is 5. The Morgan fingerprint density at radius 3 is 2.82 bits per heavy atom. The van der Waals surface area contributed by atoms with Crippen LogP contribution in [0.4, 0.5) is 0 Å². The highest BCUT2D eigenvalue weighted by atomic mass is 16.5. The fourth-order valence-electron chi connectivity index (χ4n) is 2.86. The summed E-state index contributed by atoms with van der Waals surface area (Å²) >= 11 is 0. The van der Waals surface area contributed by atoms with Gasteiger partial charge in [0.15, 0.2) is 0 Å². The lowest BCUT2D eigenvalue weighted by molar-refractivity contribution is 0.107. The Labute approximate surface area is 130 Å². The highest BCUT2D eigenvalue weighted by Crippen LogP contribution is 2.32. The molecule has 22 heavy (non-hydrogen) atoms. The van der Waals surface area contributed by atoms with Crippen molar-refractivity contribution in [1.29, 1.82) is 0 Å². The summed E-state index contributed by atoms with van der Waals surface area (Å²) in [5, 5.41) is 8.55. The number of hydrogen-bond donors (Lipinski definition) is 1. The van der Waals surface area contributed by atoms with Gasteiger partial charge in [0.25, 0.3) is 0 Å². The molecule has 3 heterocycles. The molecule has 2 aromatic heterocycles. The first-order valence-corrected chi connectivity index (χ1v) is 7.65. The molecule has 2 aromatic rings. The predicted molar refractivity (Wildman–Crippen MR) is 82.2 cm³/mol. The van der Waals surface area contributed by atoms with E-state index in [0.29, 0.717) is 0 Å². The van der Waals surface area contributed by atoms with E-state index in [9.17, 15) is 0 Å². The molecule has 1 N–H and O–H groups in total. The molecule has 0 spiro atoms. The quantitative estimate of drug-likeness (QED) is 0.931. The van der Waals surface area contributed by atoms with Crippen LogP contribution in [0.1, 0.15) is 44.8 Å². The van der Waals surface area contributed by atoms with E-state index in [1.165, 1.54) is 0 Å². The molecular formula is C15H24N6O. The number of aromatic nitrogens is 5. The van der Waals surface area contributed by atoms with E-state index in [2.05, 4.69) is 46.0 Å². The number of nitrogens with one attached hydrogen (secondary N) is 1. The number of ether oxygens (including phenoxy) is 1. The predicted octanol–water partition coefficient (Wildman–Crippen LogP) is 1.72. The lowest BCUT2D eigenvalue weighted by Gasteiger charge is -2.21. The lowest BCUT2D eigenvalue weighted by atomic mass is 10.1. The van der Waals surface area contributed by atoms with Crippen molar-refractivity contribution in [3.63, 3.8) is 0 Å². The van der Waals surface area contributed by atoms with Crippen molar-refractivity contribution in [2.24, 2.45) is 0 Å². The molecule has 3 rings (SSSR count). The minimum atomic E-state index is -0.0499. The van der Waals surface area contributed by atoms with Crippen LogP contribution in [-0.4, -0.2) is 49.6 Å². The van der Waals surface area contributed by atoms with Gasteiger partial charge in [0.2, 0.25) is 0 Å². The second kappa shape index (κ2) is 5.81. The third kappa shape index (κ3) is 3.05. The molecule has 2 atom stereocenters. The van der Waals surface area contributed by atoms with Gasteiger partial charge in [-0.05, 0) is 27.2 Å². The molecule has 7 heteroatoms. The Morgan fingerprint density at radius 2 is 2.23 bits per heavy atom. The highest BCUT2D eigenvalue weighted by molar-refractivity contribution is 5.04. The smallest absolute Gasteiger partial charge is 0.123 e. The Bertz CT molecular complexity index is 600. The van der Waals surface area contributed by atoms with Crippen LogP contribution in [-0.2, 0) is 16.8 Å². The van der Waals surface area contributed by atoms with Crippen molar-refractivity contribution in [1.82, 2.24) is 29.9 Å². The summed E-state index contributed by atoms with van der Waals surface area (Å²) in [5.41, 5.74) is 0.925. The Morgan fingerprint density at radius 1 is 1.41 bits per heavy atom. The summed E-state index contributed by atoms with van der Waals surface area (Å²) in [6.07, 6.45) is 6.86. The number of aromatic amines is 1. The van der Waals surface area contributed by atoms with Crippen molar-refractivity contribution in [3.05, 3.63) is 30.1 Å². The third-order valence-electron chi connectivity index (χ3n) is 4.13. The summed E-state index contributed by atoms with van der Waals surface area (Å²) < 4.78 is 7.45. The van der Waals surface area contributed by atoms with Crippen LogP contribution in [0.15, 0.2) is 18.6 Å². The summed E-state index contributed by atoms with van der Waals surface area (Å²) in [4.78, 5) is 9.98. The zero-order valence-electron chi connectivity index (χ0n) is 13.7. The van der Waals surface area contributed by atoms with Gasteiger partial charge in [-0.1, -0.05) is 5.21 Å². The van der Waals surface area contributed by atoms with E-state index in [1.54, 1.807) is 13.3 Å². The first kappa shape index (κ1) is 15.2. The van der Waals surface area contributed by atoms with Gasteiger partial charge in [-0.25, -0.2) is 9.67 Å². The zero-order chi connectivity index (χ0) is 15.7. The standard InChI is InChI=1S/C15H24N6O/c1-15(2,3)21-9-11(18-19-21)8-20-10-12(22-4)7-13(20)14-16-5-6-17-14/h5-6,9,12-13H,7-8,10H2,1-4H3,(H,16,17)/t12-,13?/m1/s1. The number of likely N-dealkylation sites (tertiary alicyclic amines) is 1. The molecule has 0 aliphatic carbocycles. The van der Waals surface area contributed by atoms with Gasteiger partial charge >= 0.3 is 0 Å². The van der Waals surface area contributed by atoms with Crippen LogP contribution < -0.4 is 0 Å². The maximum atomic E-state index is 5.54. The summed E-state index contributed by atoms with van der Waals surface area (Å²) in [5.74, 6) is 0.989. The number of hydrogen-bond acceptors (Lipinski definition) is 5. The monoisotopic (exact) mass is 304 g/mol. The molecule has 0 saturated carbocycles. The summed E-state index contributed by atoms with van der Waals surface area (Å²) in [7, 11) is 1.77. The first-order chi connectivity index (χ1) is 10.5. The second-order valence-corrected chi connectivity index (χ2v) is 6.84. The molecule has 1 fully saturated rings. The van der Waals surface area contributed by atoms with Crippen molar-refractivity contribution < 1.29 is 4.74 Å². The number of rotatable bonds is 4. The van der Waals surface area contributed by atoms with Gasteiger partial charge in [-0.2, -0.15) is 0 Å². The van der Waals surface area contributed by atoms with Gasteiger partial charge in [0, 0.05) is 32.6 Å².